The molecule has 0 heterocycles. The van der Waals surface area contributed by atoms with E-state index in [4.69, 9.17) is 14.2 Å². The van der Waals surface area contributed by atoms with Crippen LogP contribution in [0.25, 0.3) is 0 Å². The van der Waals surface area contributed by atoms with Gasteiger partial charge in [-0.1, -0.05) is 32.0 Å². The first-order valence-electron chi connectivity index (χ1n) is 8.85. The van der Waals surface area contributed by atoms with Crippen molar-refractivity contribution in [2.45, 2.75) is 26.8 Å². The summed E-state index contributed by atoms with van der Waals surface area (Å²) < 4.78 is 16.4. The molecule has 136 valence electrons. The van der Waals surface area contributed by atoms with Crippen molar-refractivity contribution in [2.75, 3.05) is 32.2 Å². The van der Waals surface area contributed by atoms with Crippen LogP contribution in [0.4, 0.5) is 5.69 Å². The Hall–Kier alpha value is -2.20. The molecule has 1 N–H and O–H groups in total. The fourth-order valence-electron chi connectivity index (χ4n) is 2.26. The first-order valence-corrected chi connectivity index (χ1v) is 8.85. The minimum atomic E-state index is 0.554. The Bertz CT molecular complexity index is 611. The summed E-state index contributed by atoms with van der Waals surface area (Å²) in [6.45, 7) is 7.08. The lowest BCUT2D eigenvalue weighted by Crippen LogP contribution is -2.05. The Morgan fingerprint density at radius 2 is 1.64 bits per heavy atom. The van der Waals surface area contributed by atoms with Crippen LogP contribution in [0.2, 0.25) is 0 Å². The molecule has 2 rings (SSSR count). The summed E-state index contributed by atoms with van der Waals surface area (Å²) in [6, 6.07) is 16.2. The molecular formula is C21H29NO3. The van der Waals surface area contributed by atoms with E-state index in [1.165, 1.54) is 5.56 Å². The highest BCUT2D eigenvalue weighted by atomic mass is 16.5. The second-order valence-electron chi connectivity index (χ2n) is 6.40. The average molecular weight is 343 g/mol. The molecule has 0 radical (unpaired) electrons. The van der Waals surface area contributed by atoms with Crippen molar-refractivity contribution in [2.24, 2.45) is 5.92 Å². The molecule has 0 amide bonds. The van der Waals surface area contributed by atoms with Crippen LogP contribution in [0.3, 0.4) is 0 Å². The summed E-state index contributed by atoms with van der Waals surface area (Å²) in [5.74, 6) is 2.44. The Kier molecular flexibility index (Phi) is 8.13. The summed E-state index contributed by atoms with van der Waals surface area (Å²) in [5.41, 5.74) is 2.24. The van der Waals surface area contributed by atoms with Crippen LogP contribution in [-0.4, -0.2) is 26.9 Å². The van der Waals surface area contributed by atoms with Crippen molar-refractivity contribution in [1.82, 2.24) is 0 Å². The fourth-order valence-corrected chi connectivity index (χ4v) is 2.26. The quantitative estimate of drug-likeness (QED) is 0.598. The van der Waals surface area contributed by atoms with E-state index in [0.29, 0.717) is 19.1 Å². The van der Waals surface area contributed by atoms with Gasteiger partial charge in [0.2, 0.25) is 0 Å². The van der Waals surface area contributed by atoms with E-state index < -0.39 is 0 Å². The summed E-state index contributed by atoms with van der Waals surface area (Å²) in [5, 5.41) is 3.42. The van der Waals surface area contributed by atoms with Crippen LogP contribution in [0, 0.1) is 5.92 Å². The molecule has 0 fully saturated rings. The minimum Gasteiger partial charge on any atom is -0.494 e. The maximum absolute atomic E-state index is 5.75. The van der Waals surface area contributed by atoms with E-state index in [0.717, 1.165) is 36.8 Å². The lowest BCUT2D eigenvalue weighted by Gasteiger charge is -2.11. The topological polar surface area (TPSA) is 39.7 Å². The molecule has 0 aliphatic heterocycles. The third-order valence-electron chi connectivity index (χ3n) is 3.77. The molecule has 0 aliphatic rings. The SMILES string of the molecule is COCCOc1cccc(NCc2ccc(OCCC(C)C)cc2)c1. The number of hydrogen-bond acceptors (Lipinski definition) is 4. The highest BCUT2D eigenvalue weighted by Gasteiger charge is 2.00. The van der Waals surface area contributed by atoms with Crippen molar-refractivity contribution in [3.05, 3.63) is 54.1 Å². The second-order valence-corrected chi connectivity index (χ2v) is 6.40. The average Bonchev–Trinajstić information content (AvgIpc) is 2.61. The molecular weight excluding hydrogens is 314 g/mol. The Labute approximate surface area is 151 Å². The maximum atomic E-state index is 5.75. The molecule has 0 aliphatic carbocycles. The first kappa shape index (κ1) is 19.1. The van der Waals surface area contributed by atoms with Gasteiger partial charge in [0.05, 0.1) is 13.2 Å². The number of nitrogens with one attached hydrogen (secondary N) is 1. The van der Waals surface area contributed by atoms with Gasteiger partial charge in [0.15, 0.2) is 0 Å². The fraction of sp³-hybridized carbons (Fsp3) is 0.429. The molecule has 0 unspecified atom stereocenters. The normalized spacial score (nSPS) is 10.7. The number of methoxy groups -OCH3 is 1. The van der Waals surface area contributed by atoms with Crippen molar-refractivity contribution >= 4 is 5.69 Å². The zero-order valence-corrected chi connectivity index (χ0v) is 15.5. The summed E-state index contributed by atoms with van der Waals surface area (Å²) in [4.78, 5) is 0. The number of ether oxygens (including phenoxy) is 3. The molecule has 4 heteroatoms. The van der Waals surface area contributed by atoms with Gasteiger partial charge in [-0.25, -0.2) is 0 Å². The monoisotopic (exact) mass is 343 g/mol. The van der Waals surface area contributed by atoms with Gasteiger partial charge in [0, 0.05) is 25.4 Å². The van der Waals surface area contributed by atoms with Crippen molar-refractivity contribution in [1.29, 1.82) is 0 Å². The molecule has 2 aromatic carbocycles. The van der Waals surface area contributed by atoms with Gasteiger partial charge >= 0.3 is 0 Å². The predicted octanol–water partition coefficient (Wildman–Crippen LogP) is 4.75. The highest BCUT2D eigenvalue weighted by Crippen LogP contribution is 2.19. The predicted molar refractivity (Wildman–Crippen MR) is 103 cm³/mol. The number of hydrogen-bond donors (Lipinski definition) is 1. The molecule has 2 aromatic rings. The molecule has 0 spiro atoms. The van der Waals surface area contributed by atoms with E-state index in [2.05, 4.69) is 31.3 Å². The van der Waals surface area contributed by atoms with E-state index in [1.54, 1.807) is 7.11 Å². The van der Waals surface area contributed by atoms with Gasteiger partial charge in [-0.05, 0) is 42.2 Å². The summed E-state index contributed by atoms with van der Waals surface area (Å²) >= 11 is 0. The summed E-state index contributed by atoms with van der Waals surface area (Å²) in [7, 11) is 1.67. The summed E-state index contributed by atoms with van der Waals surface area (Å²) in [6.07, 6.45) is 1.08. The van der Waals surface area contributed by atoms with Crippen LogP contribution in [0.15, 0.2) is 48.5 Å². The van der Waals surface area contributed by atoms with Gasteiger partial charge < -0.3 is 19.5 Å². The Morgan fingerprint density at radius 1 is 0.880 bits per heavy atom. The second kappa shape index (κ2) is 10.6. The molecule has 0 saturated heterocycles. The Balaban J connectivity index is 1.79. The lowest BCUT2D eigenvalue weighted by atomic mass is 10.1. The molecule has 0 saturated carbocycles. The van der Waals surface area contributed by atoms with Crippen LogP contribution in [0.1, 0.15) is 25.8 Å². The third kappa shape index (κ3) is 7.48. The van der Waals surface area contributed by atoms with E-state index in [1.807, 2.05) is 36.4 Å². The van der Waals surface area contributed by atoms with Gasteiger partial charge in [-0.3, -0.25) is 0 Å². The maximum Gasteiger partial charge on any atom is 0.121 e. The van der Waals surface area contributed by atoms with Gasteiger partial charge in [-0.2, -0.15) is 0 Å². The van der Waals surface area contributed by atoms with Gasteiger partial charge in [-0.15, -0.1) is 0 Å². The van der Waals surface area contributed by atoms with Gasteiger partial charge in [0.1, 0.15) is 18.1 Å². The van der Waals surface area contributed by atoms with Crippen molar-refractivity contribution in [3.8, 4) is 11.5 Å². The standard InChI is InChI=1S/C21H29NO3/c1-17(2)11-12-24-20-9-7-18(8-10-20)16-22-19-5-4-6-21(15-19)25-14-13-23-3/h4-10,15,17,22H,11-14,16H2,1-3H3. The largest absolute Gasteiger partial charge is 0.494 e. The Morgan fingerprint density at radius 3 is 2.36 bits per heavy atom. The van der Waals surface area contributed by atoms with E-state index >= 15 is 0 Å². The van der Waals surface area contributed by atoms with Crippen molar-refractivity contribution in [3.63, 3.8) is 0 Å². The van der Waals surface area contributed by atoms with Crippen LogP contribution < -0.4 is 14.8 Å². The lowest BCUT2D eigenvalue weighted by molar-refractivity contribution is 0.146. The van der Waals surface area contributed by atoms with Crippen LogP contribution in [-0.2, 0) is 11.3 Å². The van der Waals surface area contributed by atoms with Crippen molar-refractivity contribution < 1.29 is 14.2 Å². The highest BCUT2D eigenvalue weighted by molar-refractivity contribution is 5.48. The van der Waals surface area contributed by atoms with E-state index in [-0.39, 0.29) is 0 Å². The number of rotatable bonds is 11. The third-order valence-corrected chi connectivity index (χ3v) is 3.77. The molecule has 0 atom stereocenters. The zero-order chi connectivity index (χ0) is 17.9. The molecule has 0 bridgehead atoms. The minimum absolute atomic E-state index is 0.554. The zero-order valence-electron chi connectivity index (χ0n) is 15.5. The number of anilines is 1. The molecule has 4 nitrogen and oxygen atoms in total. The molecule has 25 heavy (non-hydrogen) atoms. The van der Waals surface area contributed by atoms with E-state index in [9.17, 15) is 0 Å². The number of benzene rings is 2. The first-order chi connectivity index (χ1) is 12.2. The van der Waals surface area contributed by atoms with Crippen LogP contribution in [0.5, 0.6) is 11.5 Å². The molecule has 0 aromatic heterocycles. The smallest absolute Gasteiger partial charge is 0.121 e. The van der Waals surface area contributed by atoms with Crippen LogP contribution >= 0.6 is 0 Å². The van der Waals surface area contributed by atoms with Gasteiger partial charge in [0.25, 0.3) is 0 Å².